The van der Waals surface area contributed by atoms with Gasteiger partial charge in [-0.2, -0.15) is 5.10 Å². The predicted octanol–water partition coefficient (Wildman–Crippen LogP) is 3.08. The molecule has 4 aromatic rings. The van der Waals surface area contributed by atoms with Gasteiger partial charge in [0.05, 0.1) is 24.7 Å². The van der Waals surface area contributed by atoms with Crippen molar-refractivity contribution in [2.24, 2.45) is 0 Å². The van der Waals surface area contributed by atoms with Crippen molar-refractivity contribution in [2.45, 2.75) is 31.8 Å². The number of aromatic nitrogens is 3. The zero-order valence-electron chi connectivity index (χ0n) is 16.6. The lowest BCUT2D eigenvalue weighted by Gasteiger charge is -2.24. The number of amides is 1. The fraction of sp³-hybridized carbons (Fsp3) is 0.261. The second-order valence-corrected chi connectivity index (χ2v) is 7.64. The average Bonchev–Trinajstić information content (AvgIpc) is 3.15. The molecule has 2 N–H and O–H groups in total. The standard InChI is InChI=1S/C23H22N4O3/c1-30-15-9-10-19-18(11-15)17-7-4-8-20(22(17)26-19)25-21(28)13-27-23(29)16-6-3-2-5-14(16)12-24-27/h2-3,5-6,9-12,20,26H,4,7-8,13H2,1H3,(H,25,28)/t20-/m0/s1. The van der Waals surface area contributed by atoms with E-state index < -0.39 is 0 Å². The molecule has 1 aliphatic rings. The molecule has 30 heavy (non-hydrogen) atoms. The predicted molar refractivity (Wildman–Crippen MR) is 115 cm³/mol. The Morgan fingerprint density at radius 2 is 2.13 bits per heavy atom. The average molecular weight is 402 g/mol. The Morgan fingerprint density at radius 3 is 3.00 bits per heavy atom. The molecule has 5 rings (SSSR count). The molecule has 152 valence electrons. The van der Waals surface area contributed by atoms with Crippen molar-refractivity contribution >= 4 is 27.6 Å². The maximum atomic E-state index is 12.7. The van der Waals surface area contributed by atoms with Gasteiger partial charge in [-0.15, -0.1) is 0 Å². The number of nitrogens with one attached hydrogen (secondary N) is 2. The first kappa shape index (κ1) is 18.4. The van der Waals surface area contributed by atoms with E-state index in [2.05, 4.69) is 15.4 Å². The molecule has 1 amide bonds. The van der Waals surface area contributed by atoms with E-state index in [0.717, 1.165) is 47.0 Å². The summed E-state index contributed by atoms with van der Waals surface area (Å²) in [5.41, 5.74) is 3.04. The van der Waals surface area contributed by atoms with Crippen LogP contribution in [-0.2, 0) is 17.8 Å². The third-order valence-electron chi connectivity index (χ3n) is 5.80. The number of ether oxygens (including phenoxy) is 1. The van der Waals surface area contributed by atoms with Gasteiger partial charge in [0.1, 0.15) is 12.3 Å². The van der Waals surface area contributed by atoms with Crippen LogP contribution in [0.1, 0.15) is 30.1 Å². The minimum Gasteiger partial charge on any atom is -0.497 e. The molecule has 7 nitrogen and oxygen atoms in total. The molecule has 0 aliphatic heterocycles. The Hall–Kier alpha value is -3.61. The zero-order valence-corrected chi connectivity index (χ0v) is 16.6. The smallest absolute Gasteiger partial charge is 0.275 e. The Morgan fingerprint density at radius 1 is 1.27 bits per heavy atom. The van der Waals surface area contributed by atoms with Crippen LogP contribution < -0.4 is 15.6 Å². The van der Waals surface area contributed by atoms with Crippen LogP contribution >= 0.6 is 0 Å². The van der Waals surface area contributed by atoms with Crippen molar-refractivity contribution in [2.75, 3.05) is 7.11 Å². The summed E-state index contributed by atoms with van der Waals surface area (Å²) in [6, 6.07) is 13.1. The van der Waals surface area contributed by atoms with Crippen molar-refractivity contribution in [3.63, 3.8) is 0 Å². The highest BCUT2D eigenvalue weighted by Crippen LogP contribution is 2.36. The lowest BCUT2D eigenvalue weighted by atomic mass is 9.91. The largest absolute Gasteiger partial charge is 0.497 e. The molecule has 2 heterocycles. The summed E-state index contributed by atoms with van der Waals surface area (Å²) in [5, 5.41) is 9.71. The zero-order chi connectivity index (χ0) is 20.7. The van der Waals surface area contributed by atoms with Gasteiger partial charge in [-0.1, -0.05) is 18.2 Å². The normalized spacial score (nSPS) is 15.8. The highest BCUT2D eigenvalue weighted by atomic mass is 16.5. The van der Waals surface area contributed by atoms with E-state index >= 15 is 0 Å². The van der Waals surface area contributed by atoms with E-state index in [4.69, 9.17) is 4.74 Å². The molecule has 0 radical (unpaired) electrons. The molecule has 1 atom stereocenters. The summed E-state index contributed by atoms with van der Waals surface area (Å²) >= 11 is 0. The number of aromatic amines is 1. The van der Waals surface area contributed by atoms with Gasteiger partial charge in [0, 0.05) is 22.0 Å². The Kier molecular flexibility index (Phi) is 4.50. The third-order valence-corrected chi connectivity index (χ3v) is 5.80. The molecule has 0 bridgehead atoms. The fourth-order valence-electron chi connectivity index (χ4n) is 4.33. The number of rotatable bonds is 4. The molecule has 0 saturated heterocycles. The third kappa shape index (κ3) is 3.12. The molecular formula is C23H22N4O3. The maximum Gasteiger partial charge on any atom is 0.275 e. The van der Waals surface area contributed by atoms with Gasteiger partial charge in [0.15, 0.2) is 0 Å². The van der Waals surface area contributed by atoms with Crippen LogP contribution in [-0.4, -0.2) is 27.8 Å². The molecule has 0 unspecified atom stereocenters. The molecule has 1 aliphatic carbocycles. The van der Waals surface area contributed by atoms with Crippen molar-refractivity contribution in [3.8, 4) is 5.75 Å². The van der Waals surface area contributed by atoms with Gasteiger partial charge in [-0.25, -0.2) is 4.68 Å². The summed E-state index contributed by atoms with van der Waals surface area (Å²) < 4.78 is 6.58. The lowest BCUT2D eigenvalue weighted by Crippen LogP contribution is -2.36. The minimum atomic E-state index is -0.259. The van der Waals surface area contributed by atoms with E-state index in [9.17, 15) is 9.59 Å². The number of nitrogens with zero attached hydrogens (tertiary/aromatic N) is 2. The van der Waals surface area contributed by atoms with E-state index in [0.29, 0.717) is 5.39 Å². The van der Waals surface area contributed by atoms with Crippen LogP contribution in [0.25, 0.3) is 21.7 Å². The lowest BCUT2D eigenvalue weighted by molar-refractivity contribution is -0.122. The van der Waals surface area contributed by atoms with Gasteiger partial charge in [-0.3, -0.25) is 9.59 Å². The molecule has 2 aromatic heterocycles. The van der Waals surface area contributed by atoms with Crippen molar-refractivity contribution in [1.82, 2.24) is 20.1 Å². The summed E-state index contributed by atoms with van der Waals surface area (Å²) in [5.74, 6) is 0.589. The first-order valence-corrected chi connectivity index (χ1v) is 10.1. The number of hydrogen-bond donors (Lipinski definition) is 2. The summed E-state index contributed by atoms with van der Waals surface area (Å²) in [6.45, 7) is -0.108. The molecule has 0 saturated carbocycles. The minimum absolute atomic E-state index is 0.108. The number of benzene rings is 2. The topological polar surface area (TPSA) is 89.0 Å². The molecule has 0 fully saturated rings. The Labute approximate surface area is 172 Å². The van der Waals surface area contributed by atoms with Gasteiger partial charge >= 0.3 is 0 Å². The Balaban J connectivity index is 1.40. The van der Waals surface area contributed by atoms with Crippen molar-refractivity contribution < 1.29 is 9.53 Å². The molecule has 0 spiro atoms. The number of carbonyl (C=O) groups excluding carboxylic acids is 1. The van der Waals surface area contributed by atoms with Gasteiger partial charge < -0.3 is 15.0 Å². The first-order chi connectivity index (χ1) is 14.6. The van der Waals surface area contributed by atoms with Crippen LogP contribution in [0.3, 0.4) is 0 Å². The first-order valence-electron chi connectivity index (χ1n) is 10.1. The van der Waals surface area contributed by atoms with Crippen LogP contribution in [0.4, 0.5) is 0 Å². The van der Waals surface area contributed by atoms with E-state index in [1.165, 1.54) is 10.2 Å². The second-order valence-electron chi connectivity index (χ2n) is 7.64. The van der Waals surface area contributed by atoms with Gasteiger partial charge in [0.25, 0.3) is 5.56 Å². The maximum absolute atomic E-state index is 12.7. The number of methoxy groups -OCH3 is 1. The monoisotopic (exact) mass is 402 g/mol. The van der Waals surface area contributed by atoms with Crippen LogP contribution in [0.15, 0.2) is 53.5 Å². The second kappa shape index (κ2) is 7.33. The van der Waals surface area contributed by atoms with E-state index in [1.54, 1.807) is 19.4 Å². The number of fused-ring (bicyclic) bond motifs is 4. The number of H-pyrrole nitrogens is 1. The summed E-state index contributed by atoms with van der Waals surface area (Å²) in [4.78, 5) is 28.9. The van der Waals surface area contributed by atoms with Crippen LogP contribution in [0.2, 0.25) is 0 Å². The quantitative estimate of drug-likeness (QED) is 0.549. The van der Waals surface area contributed by atoms with Crippen LogP contribution in [0.5, 0.6) is 5.75 Å². The SMILES string of the molecule is COc1ccc2[nH]c3c(c2c1)CCC[C@@H]3NC(=O)Cn1ncc2ccccc2c1=O. The highest BCUT2D eigenvalue weighted by Gasteiger charge is 2.26. The fourth-order valence-corrected chi connectivity index (χ4v) is 4.33. The van der Waals surface area contributed by atoms with Crippen molar-refractivity contribution in [1.29, 1.82) is 0 Å². The van der Waals surface area contributed by atoms with E-state index in [1.807, 2.05) is 36.4 Å². The number of carbonyl (C=O) groups is 1. The van der Waals surface area contributed by atoms with Crippen molar-refractivity contribution in [3.05, 3.63) is 70.3 Å². The van der Waals surface area contributed by atoms with Gasteiger partial charge in [0.2, 0.25) is 5.91 Å². The summed E-state index contributed by atoms with van der Waals surface area (Å²) in [6.07, 6.45) is 4.41. The highest BCUT2D eigenvalue weighted by molar-refractivity contribution is 5.87. The molecular weight excluding hydrogens is 380 g/mol. The van der Waals surface area contributed by atoms with Crippen LogP contribution in [0, 0.1) is 0 Å². The molecule has 2 aromatic carbocycles. The van der Waals surface area contributed by atoms with Gasteiger partial charge in [-0.05, 0) is 49.1 Å². The van der Waals surface area contributed by atoms with E-state index in [-0.39, 0.29) is 24.1 Å². The number of aryl methyl sites for hydroxylation is 1. The number of hydrogen-bond acceptors (Lipinski definition) is 4. The molecule has 7 heteroatoms. The summed E-state index contributed by atoms with van der Waals surface area (Å²) in [7, 11) is 1.66. The Bertz CT molecular complexity index is 1320.